The maximum Gasteiger partial charge on any atom is 0.141 e. The zero-order valence-corrected chi connectivity index (χ0v) is 11.1. The van der Waals surface area contributed by atoms with Crippen molar-refractivity contribution in [3.05, 3.63) is 59.8 Å². The Morgan fingerprint density at radius 2 is 1.47 bits per heavy atom. The van der Waals surface area contributed by atoms with E-state index in [9.17, 15) is 5.21 Å². The quantitative estimate of drug-likeness (QED) is 0.609. The van der Waals surface area contributed by atoms with Gasteiger partial charge in [-0.3, -0.25) is 4.90 Å². The van der Waals surface area contributed by atoms with Crippen molar-refractivity contribution in [1.82, 2.24) is 4.90 Å². The third kappa shape index (κ3) is 3.71. The molecule has 0 aliphatic heterocycles. The molecule has 4 heteroatoms. The normalized spacial score (nSPS) is 10.5. The van der Waals surface area contributed by atoms with Crippen LogP contribution in [0.3, 0.4) is 0 Å². The lowest BCUT2D eigenvalue weighted by atomic mass is 10.2. The minimum absolute atomic E-state index is 0.513. The average molecular weight is 257 g/mol. The molecule has 19 heavy (non-hydrogen) atoms. The van der Waals surface area contributed by atoms with E-state index in [4.69, 9.17) is 4.74 Å². The third-order valence-corrected chi connectivity index (χ3v) is 2.55. The molecule has 0 N–H and O–H groups in total. The third-order valence-electron chi connectivity index (χ3n) is 2.55. The summed E-state index contributed by atoms with van der Waals surface area (Å²) >= 11 is 0. The summed E-state index contributed by atoms with van der Waals surface area (Å²) in [6.07, 6.45) is 0. The van der Waals surface area contributed by atoms with E-state index in [-0.39, 0.29) is 0 Å². The first-order chi connectivity index (χ1) is 9.16. The first kappa shape index (κ1) is 13.4. The van der Waals surface area contributed by atoms with Crippen LogP contribution in [0.4, 0.5) is 11.4 Å². The summed E-state index contributed by atoms with van der Waals surface area (Å²) < 4.78 is 5.51. The zero-order valence-electron chi connectivity index (χ0n) is 11.1. The predicted octanol–water partition coefficient (Wildman–Crippen LogP) is 3.22. The highest BCUT2D eigenvalue weighted by Gasteiger charge is 1.99. The minimum Gasteiger partial charge on any atom is -0.754 e. The van der Waals surface area contributed by atoms with Crippen LogP contribution in [0.5, 0.6) is 5.75 Å². The van der Waals surface area contributed by atoms with E-state index in [1.165, 1.54) is 0 Å². The molecule has 2 aromatic rings. The molecule has 0 aromatic heterocycles. The van der Waals surface area contributed by atoms with Gasteiger partial charge in [-0.05, 0) is 50.5 Å². The number of hydrogen-bond donors (Lipinski definition) is 0. The Balaban J connectivity index is 2.06. The van der Waals surface area contributed by atoms with E-state index < -0.39 is 0 Å². The van der Waals surface area contributed by atoms with Crippen LogP contribution in [0.1, 0.15) is 0 Å². The highest BCUT2D eigenvalue weighted by Crippen LogP contribution is 2.25. The molecule has 0 bridgehead atoms. The summed E-state index contributed by atoms with van der Waals surface area (Å²) in [5, 5.41) is 13.0. The molecule has 0 radical (unpaired) electrons. The van der Waals surface area contributed by atoms with Gasteiger partial charge in [0.05, 0.1) is 0 Å². The first-order valence-corrected chi connectivity index (χ1v) is 6.07. The predicted molar refractivity (Wildman–Crippen MR) is 77.6 cm³/mol. The molecule has 0 amide bonds. The van der Waals surface area contributed by atoms with Gasteiger partial charge in [-0.15, -0.1) is 0 Å². The first-order valence-electron chi connectivity index (χ1n) is 6.07. The fourth-order valence-corrected chi connectivity index (χ4v) is 1.59. The van der Waals surface area contributed by atoms with Crippen molar-refractivity contribution >= 4 is 11.4 Å². The van der Waals surface area contributed by atoms with E-state index >= 15 is 0 Å². The van der Waals surface area contributed by atoms with Crippen molar-refractivity contribution < 1.29 is 4.74 Å². The molecule has 0 unspecified atom stereocenters. The van der Waals surface area contributed by atoms with Crippen LogP contribution in [0.2, 0.25) is 0 Å². The van der Waals surface area contributed by atoms with Gasteiger partial charge >= 0.3 is 0 Å². The van der Waals surface area contributed by atoms with Crippen LogP contribution in [0.15, 0.2) is 54.6 Å². The van der Waals surface area contributed by atoms with Crippen LogP contribution in [-0.4, -0.2) is 25.7 Å². The van der Waals surface area contributed by atoms with Crippen LogP contribution >= 0.6 is 0 Å². The lowest BCUT2D eigenvalue weighted by molar-refractivity contribution is 0.179. The molecule has 0 spiro atoms. The summed E-state index contributed by atoms with van der Waals surface area (Å²) in [5.74, 6) is 0.749. The maximum atomic E-state index is 12.1. The van der Waals surface area contributed by atoms with Crippen LogP contribution in [-0.2, 0) is 0 Å². The summed E-state index contributed by atoms with van der Waals surface area (Å²) in [6, 6.07) is 16.2. The van der Waals surface area contributed by atoms with Crippen molar-refractivity contribution in [2.45, 2.75) is 0 Å². The highest BCUT2D eigenvalue weighted by molar-refractivity contribution is 5.64. The van der Waals surface area contributed by atoms with Crippen LogP contribution < -0.4 is 9.80 Å². The number of hydrogen-bond acceptors (Lipinski definition) is 4. The number of benzene rings is 2. The Labute approximate surface area is 113 Å². The molecule has 0 fully saturated rings. The molecule has 0 saturated heterocycles. The summed E-state index contributed by atoms with van der Waals surface area (Å²) in [5.41, 5.74) is 1.20. The topological polar surface area (TPSA) is 38.8 Å². The van der Waals surface area contributed by atoms with Crippen molar-refractivity contribution in [3.63, 3.8) is 0 Å². The van der Waals surface area contributed by atoms with Crippen molar-refractivity contribution in [3.8, 4) is 5.75 Å². The highest BCUT2D eigenvalue weighted by atomic mass is 16.5. The Morgan fingerprint density at radius 1 is 0.895 bits per heavy atom. The average Bonchev–Trinajstić information content (AvgIpc) is 2.46. The summed E-state index contributed by atoms with van der Waals surface area (Å²) in [4.78, 5) is 1.93. The van der Waals surface area contributed by atoms with Gasteiger partial charge in [-0.2, -0.15) is 0 Å². The Bertz CT molecular complexity index is 497. The lowest BCUT2D eigenvalue weighted by Crippen LogP contribution is -2.18. The van der Waals surface area contributed by atoms with Crippen molar-refractivity contribution in [2.24, 2.45) is 0 Å². The van der Waals surface area contributed by atoms with Crippen molar-refractivity contribution in [2.75, 3.05) is 25.9 Å². The molecule has 2 rings (SSSR count). The van der Waals surface area contributed by atoms with E-state index in [1.807, 2.05) is 37.2 Å². The second kappa shape index (κ2) is 6.22. The fourth-order valence-electron chi connectivity index (χ4n) is 1.59. The number of nitrogens with zero attached hydrogens (tertiary/aromatic N) is 2. The Hall–Kier alpha value is -2.04. The number of anilines is 2. The molecule has 0 heterocycles. The van der Waals surface area contributed by atoms with E-state index in [0.717, 1.165) is 10.8 Å². The lowest BCUT2D eigenvalue weighted by Gasteiger charge is -2.30. The summed E-state index contributed by atoms with van der Waals surface area (Å²) in [6.45, 7) is 0.513. The smallest absolute Gasteiger partial charge is 0.141 e. The molecule has 2 aromatic carbocycles. The van der Waals surface area contributed by atoms with E-state index in [2.05, 4.69) is 0 Å². The molecular weight excluding hydrogens is 240 g/mol. The molecule has 0 aliphatic carbocycles. The van der Waals surface area contributed by atoms with Gasteiger partial charge in [0.1, 0.15) is 12.5 Å². The second-order valence-corrected chi connectivity index (χ2v) is 4.48. The standard InChI is InChI=1S/C15H17N2O2/c1-16(2)12-19-15-10-8-14(9-11-15)17(18)13-6-4-3-5-7-13/h3-11H,12H2,1-2H3/q-1. The van der Waals surface area contributed by atoms with Gasteiger partial charge in [0.25, 0.3) is 0 Å². The number of ether oxygens (including phenoxy) is 1. The Kier molecular flexibility index (Phi) is 4.39. The summed E-state index contributed by atoms with van der Waals surface area (Å²) in [7, 11) is 3.87. The molecule has 0 saturated carbocycles. The van der Waals surface area contributed by atoms with E-state index in [0.29, 0.717) is 18.1 Å². The SMILES string of the molecule is CN(C)COc1ccc(N([O-])c2ccccc2)cc1. The van der Waals surface area contributed by atoms with Crippen molar-refractivity contribution in [1.29, 1.82) is 0 Å². The van der Waals surface area contributed by atoms with Gasteiger partial charge in [0, 0.05) is 11.4 Å². The molecule has 0 atom stereocenters. The maximum absolute atomic E-state index is 12.1. The van der Waals surface area contributed by atoms with Gasteiger partial charge in [-0.25, -0.2) is 0 Å². The molecule has 100 valence electrons. The van der Waals surface area contributed by atoms with E-state index in [1.54, 1.807) is 36.4 Å². The number of para-hydroxylation sites is 1. The van der Waals surface area contributed by atoms with Crippen LogP contribution in [0, 0.1) is 5.21 Å². The van der Waals surface area contributed by atoms with Gasteiger partial charge in [0.2, 0.25) is 0 Å². The monoisotopic (exact) mass is 257 g/mol. The van der Waals surface area contributed by atoms with Gasteiger partial charge in [-0.1, -0.05) is 18.2 Å². The fraction of sp³-hybridized carbons (Fsp3) is 0.200. The molecular formula is C15H17N2O2-. The minimum atomic E-state index is 0.513. The molecule has 4 nitrogen and oxygen atoms in total. The zero-order chi connectivity index (χ0) is 13.7. The number of rotatable bonds is 5. The second-order valence-electron chi connectivity index (χ2n) is 4.48. The van der Waals surface area contributed by atoms with Crippen LogP contribution in [0.25, 0.3) is 0 Å². The largest absolute Gasteiger partial charge is 0.754 e. The molecule has 0 aliphatic rings. The van der Waals surface area contributed by atoms with Gasteiger partial charge in [0.15, 0.2) is 0 Å². The van der Waals surface area contributed by atoms with Gasteiger partial charge < -0.3 is 15.0 Å². The Morgan fingerprint density at radius 3 is 2.05 bits per heavy atom.